The first kappa shape index (κ1) is 17.9. The second-order valence-electron chi connectivity index (χ2n) is 5.77. The van der Waals surface area contributed by atoms with Crippen LogP contribution in [0.2, 0.25) is 0 Å². The van der Waals surface area contributed by atoms with E-state index in [1.165, 1.54) is 11.8 Å². The molecule has 0 saturated heterocycles. The number of hydrogen-bond donors (Lipinski definition) is 0. The summed E-state index contributed by atoms with van der Waals surface area (Å²) in [7, 11) is 0. The number of carbonyl (C=O) groups excluding carboxylic acids is 1. The third kappa shape index (κ3) is 4.00. The summed E-state index contributed by atoms with van der Waals surface area (Å²) < 4.78 is 1.57. The molecular formula is C18H18N6OS. The van der Waals surface area contributed by atoms with Gasteiger partial charge in [0.15, 0.2) is 0 Å². The van der Waals surface area contributed by atoms with E-state index < -0.39 is 0 Å². The fourth-order valence-corrected chi connectivity index (χ4v) is 3.13. The van der Waals surface area contributed by atoms with Crippen LogP contribution in [0.1, 0.15) is 17.5 Å². The highest BCUT2D eigenvalue weighted by Crippen LogP contribution is 2.21. The Morgan fingerprint density at radius 3 is 2.92 bits per heavy atom. The predicted octanol–water partition coefficient (Wildman–Crippen LogP) is 2.78. The summed E-state index contributed by atoms with van der Waals surface area (Å²) in [6.45, 7) is 4.40. The monoisotopic (exact) mass is 366 g/mol. The molecule has 26 heavy (non-hydrogen) atoms. The molecule has 0 aliphatic heterocycles. The minimum Gasteiger partial charge on any atom is -0.311 e. The Labute approximate surface area is 155 Å². The number of rotatable bonds is 6. The van der Waals surface area contributed by atoms with Crippen LogP contribution in [0.15, 0.2) is 41.8 Å². The van der Waals surface area contributed by atoms with Crippen LogP contribution in [0.5, 0.6) is 0 Å². The molecule has 1 aromatic carbocycles. The molecule has 0 bridgehead atoms. The van der Waals surface area contributed by atoms with E-state index in [9.17, 15) is 4.79 Å². The summed E-state index contributed by atoms with van der Waals surface area (Å²) in [5, 5.41) is 13.7. The first-order chi connectivity index (χ1) is 12.6. The number of thioether (sulfide) groups is 1. The van der Waals surface area contributed by atoms with Crippen molar-refractivity contribution in [3.63, 3.8) is 0 Å². The molecule has 3 rings (SSSR count). The lowest BCUT2D eigenvalue weighted by Crippen LogP contribution is -2.33. The maximum Gasteiger partial charge on any atom is 0.253 e. The van der Waals surface area contributed by atoms with Crippen molar-refractivity contribution in [3.05, 3.63) is 47.8 Å². The third-order valence-electron chi connectivity index (χ3n) is 3.97. The lowest BCUT2D eigenvalue weighted by molar-refractivity contribution is -0.116. The van der Waals surface area contributed by atoms with Gasteiger partial charge in [0.2, 0.25) is 11.1 Å². The quantitative estimate of drug-likeness (QED) is 0.624. The maximum atomic E-state index is 12.8. The van der Waals surface area contributed by atoms with Gasteiger partial charge in [-0.1, -0.05) is 17.8 Å². The van der Waals surface area contributed by atoms with Crippen LogP contribution in [-0.2, 0) is 4.79 Å². The highest BCUT2D eigenvalue weighted by molar-refractivity contribution is 7.99. The summed E-state index contributed by atoms with van der Waals surface area (Å²) in [5.41, 5.74) is 3.08. The standard InChI is InChI=1S/C18H18N6OS/c1-13-5-6-15(11-14(13)2)23(9-3-7-19)16(25)12-26-18-21-17-20-8-4-10-24(17)22-18/h4-6,8,10-11H,3,9,12H2,1-2H3. The molecule has 0 spiro atoms. The number of anilines is 1. The van der Waals surface area contributed by atoms with Crippen molar-refractivity contribution in [2.75, 3.05) is 17.2 Å². The number of benzene rings is 1. The Kier molecular flexibility index (Phi) is 5.49. The van der Waals surface area contributed by atoms with Gasteiger partial charge in [-0.15, -0.1) is 5.10 Å². The van der Waals surface area contributed by atoms with Gasteiger partial charge in [-0.2, -0.15) is 10.2 Å². The largest absolute Gasteiger partial charge is 0.311 e. The zero-order chi connectivity index (χ0) is 18.5. The molecule has 0 aliphatic carbocycles. The Morgan fingerprint density at radius 1 is 1.35 bits per heavy atom. The first-order valence-electron chi connectivity index (χ1n) is 8.13. The molecule has 0 radical (unpaired) electrons. The van der Waals surface area contributed by atoms with Gasteiger partial charge in [-0.3, -0.25) is 4.79 Å². The van der Waals surface area contributed by atoms with Crippen molar-refractivity contribution in [2.45, 2.75) is 25.4 Å². The minimum atomic E-state index is -0.0830. The van der Waals surface area contributed by atoms with E-state index in [1.807, 2.05) is 32.0 Å². The maximum absolute atomic E-state index is 12.8. The summed E-state index contributed by atoms with van der Waals surface area (Å²) >= 11 is 1.26. The van der Waals surface area contributed by atoms with Crippen LogP contribution in [-0.4, -0.2) is 37.8 Å². The Balaban J connectivity index is 1.74. The van der Waals surface area contributed by atoms with Gasteiger partial charge in [-0.05, 0) is 43.2 Å². The van der Waals surface area contributed by atoms with Gasteiger partial charge in [-0.25, -0.2) is 9.50 Å². The molecule has 7 nitrogen and oxygen atoms in total. The normalized spacial score (nSPS) is 10.7. The van der Waals surface area contributed by atoms with Gasteiger partial charge >= 0.3 is 0 Å². The number of carbonyl (C=O) groups is 1. The molecule has 8 heteroatoms. The topological polar surface area (TPSA) is 87.2 Å². The van der Waals surface area contributed by atoms with Crippen molar-refractivity contribution in [2.24, 2.45) is 0 Å². The van der Waals surface area contributed by atoms with Crippen LogP contribution in [0.4, 0.5) is 5.69 Å². The van der Waals surface area contributed by atoms with E-state index in [1.54, 1.807) is 27.9 Å². The van der Waals surface area contributed by atoms with E-state index in [0.29, 0.717) is 17.5 Å². The van der Waals surface area contributed by atoms with Gasteiger partial charge < -0.3 is 4.90 Å². The summed E-state index contributed by atoms with van der Waals surface area (Å²) in [5.74, 6) is 0.605. The van der Waals surface area contributed by atoms with E-state index in [4.69, 9.17) is 5.26 Å². The average molecular weight is 366 g/mol. The second kappa shape index (κ2) is 7.97. The van der Waals surface area contributed by atoms with Gasteiger partial charge in [0.1, 0.15) is 0 Å². The number of aromatic nitrogens is 4. The smallest absolute Gasteiger partial charge is 0.253 e. The molecule has 3 aromatic rings. The van der Waals surface area contributed by atoms with Crippen molar-refractivity contribution >= 4 is 29.1 Å². The summed E-state index contributed by atoms with van der Waals surface area (Å²) in [6, 6.07) is 9.74. The highest BCUT2D eigenvalue weighted by atomic mass is 32.2. The molecule has 0 fully saturated rings. The fraction of sp³-hybridized carbons (Fsp3) is 0.278. The zero-order valence-electron chi connectivity index (χ0n) is 14.6. The van der Waals surface area contributed by atoms with Gasteiger partial charge in [0.25, 0.3) is 5.78 Å². The molecule has 0 saturated carbocycles. The van der Waals surface area contributed by atoms with Crippen LogP contribution < -0.4 is 4.90 Å². The molecule has 2 aromatic heterocycles. The van der Waals surface area contributed by atoms with Gasteiger partial charge in [0, 0.05) is 24.6 Å². The van der Waals surface area contributed by atoms with Crippen molar-refractivity contribution in [3.8, 4) is 6.07 Å². The lowest BCUT2D eigenvalue weighted by atomic mass is 10.1. The Hall–Kier alpha value is -2.92. The lowest BCUT2D eigenvalue weighted by Gasteiger charge is -2.22. The van der Waals surface area contributed by atoms with E-state index in [2.05, 4.69) is 21.1 Å². The number of fused-ring (bicyclic) bond motifs is 1. The first-order valence-corrected chi connectivity index (χ1v) is 9.12. The van der Waals surface area contributed by atoms with Crippen LogP contribution in [0.3, 0.4) is 0 Å². The van der Waals surface area contributed by atoms with Crippen molar-refractivity contribution in [1.82, 2.24) is 19.6 Å². The van der Waals surface area contributed by atoms with E-state index in [0.717, 1.165) is 16.8 Å². The molecule has 0 aliphatic rings. The average Bonchev–Trinajstić information content (AvgIpc) is 3.06. The molecule has 0 atom stereocenters. The molecule has 2 heterocycles. The fourth-order valence-electron chi connectivity index (χ4n) is 2.43. The number of amides is 1. The van der Waals surface area contributed by atoms with Crippen molar-refractivity contribution in [1.29, 1.82) is 5.26 Å². The molecular weight excluding hydrogens is 348 g/mol. The summed E-state index contributed by atoms with van der Waals surface area (Å²) in [4.78, 5) is 22.8. The number of aryl methyl sites for hydroxylation is 2. The number of nitrogens with zero attached hydrogens (tertiary/aromatic N) is 6. The van der Waals surface area contributed by atoms with Crippen LogP contribution in [0.25, 0.3) is 5.78 Å². The summed E-state index contributed by atoms with van der Waals surface area (Å²) in [6.07, 6.45) is 3.68. The molecule has 1 amide bonds. The Bertz CT molecular complexity index is 944. The third-order valence-corrected chi connectivity index (χ3v) is 4.79. The number of hydrogen-bond acceptors (Lipinski definition) is 6. The number of nitriles is 1. The molecule has 0 unspecified atom stereocenters. The zero-order valence-corrected chi connectivity index (χ0v) is 15.4. The van der Waals surface area contributed by atoms with E-state index >= 15 is 0 Å². The SMILES string of the molecule is Cc1ccc(N(CCC#N)C(=O)CSc2nc3ncccn3n2)cc1C. The predicted molar refractivity (Wildman–Crippen MR) is 100 cm³/mol. The van der Waals surface area contributed by atoms with E-state index in [-0.39, 0.29) is 18.1 Å². The van der Waals surface area contributed by atoms with Gasteiger partial charge in [0.05, 0.1) is 18.2 Å². The minimum absolute atomic E-state index is 0.0830. The molecule has 132 valence electrons. The Morgan fingerprint density at radius 2 is 2.19 bits per heavy atom. The van der Waals surface area contributed by atoms with Crippen molar-refractivity contribution < 1.29 is 4.79 Å². The van der Waals surface area contributed by atoms with Crippen LogP contribution >= 0.6 is 11.8 Å². The highest BCUT2D eigenvalue weighted by Gasteiger charge is 2.17. The van der Waals surface area contributed by atoms with Crippen LogP contribution in [0, 0.1) is 25.2 Å². The second-order valence-corrected chi connectivity index (χ2v) is 6.71. The molecule has 0 N–H and O–H groups in total.